The number of unbranched alkanes of at least 4 members (excludes halogenated alkanes) is 2. The number of allylic oxidation sites excluding steroid dienone is 1. The lowest BCUT2D eigenvalue weighted by molar-refractivity contribution is 0.678. The van der Waals surface area contributed by atoms with Crippen LogP contribution in [0.1, 0.15) is 32.6 Å². The number of hydrogen-bond donors (Lipinski definition) is 0. The normalized spacial score (nSPS) is 13.1. The molecule has 0 fully saturated rings. The van der Waals surface area contributed by atoms with E-state index in [1.165, 1.54) is 19.3 Å². The average molecular weight is 147 g/mol. The van der Waals surface area contributed by atoms with E-state index in [2.05, 4.69) is 13.5 Å². The summed E-state index contributed by atoms with van der Waals surface area (Å²) >= 11 is 5.78. The zero-order valence-corrected chi connectivity index (χ0v) is 6.82. The first-order chi connectivity index (χ1) is 4.31. The fourth-order valence-electron chi connectivity index (χ4n) is 0.707. The van der Waals surface area contributed by atoms with E-state index >= 15 is 0 Å². The van der Waals surface area contributed by atoms with Crippen molar-refractivity contribution in [1.29, 1.82) is 0 Å². The first kappa shape index (κ1) is 9.03. The standard InChI is InChI=1S/C8H15Cl/c1-3-5-6-7-8(9)4-2/h4,8H,2-3,5-7H2,1H3/t8-/m0/s1. The molecule has 0 saturated carbocycles. The highest BCUT2D eigenvalue weighted by Gasteiger charge is 1.95. The Bertz CT molecular complexity index is 69.0. The van der Waals surface area contributed by atoms with Gasteiger partial charge in [0.05, 0.1) is 5.38 Å². The maximum absolute atomic E-state index is 5.78. The van der Waals surface area contributed by atoms with Crippen LogP contribution in [0.15, 0.2) is 12.7 Å². The predicted molar refractivity (Wildman–Crippen MR) is 44.0 cm³/mol. The number of rotatable bonds is 5. The van der Waals surface area contributed by atoms with Crippen LogP contribution >= 0.6 is 11.6 Å². The Labute approximate surface area is 62.9 Å². The highest BCUT2D eigenvalue weighted by atomic mass is 35.5. The average Bonchev–Trinajstić information content (AvgIpc) is 1.89. The van der Waals surface area contributed by atoms with Crippen LogP contribution in [0.4, 0.5) is 0 Å². The maximum atomic E-state index is 5.78. The summed E-state index contributed by atoms with van der Waals surface area (Å²) in [6.07, 6.45) is 6.67. The molecule has 0 unspecified atom stereocenters. The summed E-state index contributed by atoms with van der Waals surface area (Å²) in [6, 6.07) is 0. The van der Waals surface area contributed by atoms with E-state index < -0.39 is 0 Å². The molecule has 0 nitrogen and oxygen atoms in total. The Balaban J connectivity index is 2.96. The fraction of sp³-hybridized carbons (Fsp3) is 0.750. The van der Waals surface area contributed by atoms with Gasteiger partial charge in [-0.15, -0.1) is 18.2 Å². The van der Waals surface area contributed by atoms with Gasteiger partial charge in [0.2, 0.25) is 0 Å². The Hall–Kier alpha value is 0.0300. The van der Waals surface area contributed by atoms with Crippen LogP contribution in [0.3, 0.4) is 0 Å². The van der Waals surface area contributed by atoms with Crippen LogP contribution in [0.5, 0.6) is 0 Å². The monoisotopic (exact) mass is 146 g/mol. The molecule has 0 aliphatic carbocycles. The summed E-state index contributed by atoms with van der Waals surface area (Å²) in [5.74, 6) is 0. The van der Waals surface area contributed by atoms with Crippen LogP contribution in [0.2, 0.25) is 0 Å². The summed E-state index contributed by atoms with van der Waals surface area (Å²) in [6.45, 7) is 5.80. The van der Waals surface area contributed by atoms with Gasteiger partial charge in [0.15, 0.2) is 0 Å². The molecule has 0 aromatic rings. The second-order valence-corrected chi connectivity index (χ2v) is 2.81. The molecule has 0 radical (unpaired) electrons. The van der Waals surface area contributed by atoms with Crippen LogP contribution < -0.4 is 0 Å². The first-order valence-electron chi connectivity index (χ1n) is 3.58. The molecule has 0 amide bonds. The SMILES string of the molecule is C=C[C@H](Cl)CCCCC. The molecule has 0 saturated heterocycles. The molecule has 0 aromatic heterocycles. The third-order valence-corrected chi connectivity index (χ3v) is 1.74. The molecule has 0 rings (SSSR count). The Morgan fingerprint density at radius 1 is 1.56 bits per heavy atom. The molecule has 0 heterocycles. The molecular formula is C8H15Cl. The van der Waals surface area contributed by atoms with Crippen molar-refractivity contribution in [1.82, 2.24) is 0 Å². The Morgan fingerprint density at radius 2 is 2.22 bits per heavy atom. The molecule has 1 atom stereocenters. The topological polar surface area (TPSA) is 0 Å². The van der Waals surface area contributed by atoms with Crippen molar-refractivity contribution in [3.8, 4) is 0 Å². The summed E-state index contributed by atoms with van der Waals surface area (Å²) < 4.78 is 0. The van der Waals surface area contributed by atoms with Gasteiger partial charge in [0, 0.05) is 0 Å². The van der Waals surface area contributed by atoms with E-state index in [-0.39, 0.29) is 5.38 Å². The van der Waals surface area contributed by atoms with Gasteiger partial charge < -0.3 is 0 Å². The number of halogens is 1. The van der Waals surface area contributed by atoms with E-state index in [4.69, 9.17) is 11.6 Å². The molecule has 9 heavy (non-hydrogen) atoms. The zero-order valence-electron chi connectivity index (χ0n) is 6.07. The van der Waals surface area contributed by atoms with E-state index in [0.29, 0.717) is 0 Å². The van der Waals surface area contributed by atoms with Crippen molar-refractivity contribution in [2.45, 2.75) is 38.0 Å². The van der Waals surface area contributed by atoms with Crippen LogP contribution in [-0.4, -0.2) is 5.38 Å². The molecule has 1 heteroatoms. The Kier molecular flexibility index (Phi) is 6.18. The third kappa shape index (κ3) is 5.91. The van der Waals surface area contributed by atoms with E-state index in [9.17, 15) is 0 Å². The van der Waals surface area contributed by atoms with Gasteiger partial charge in [-0.3, -0.25) is 0 Å². The Morgan fingerprint density at radius 3 is 2.67 bits per heavy atom. The quantitative estimate of drug-likeness (QED) is 0.317. The van der Waals surface area contributed by atoms with Crippen molar-refractivity contribution >= 4 is 11.6 Å². The first-order valence-corrected chi connectivity index (χ1v) is 4.01. The summed E-state index contributed by atoms with van der Waals surface area (Å²) in [4.78, 5) is 0. The van der Waals surface area contributed by atoms with Gasteiger partial charge in [-0.05, 0) is 6.42 Å². The van der Waals surface area contributed by atoms with Gasteiger partial charge in [-0.2, -0.15) is 0 Å². The van der Waals surface area contributed by atoms with Crippen LogP contribution in [0.25, 0.3) is 0 Å². The minimum absolute atomic E-state index is 0.191. The predicted octanol–water partition coefficient (Wildman–Crippen LogP) is 3.36. The number of hydrogen-bond acceptors (Lipinski definition) is 0. The second-order valence-electron chi connectivity index (χ2n) is 2.25. The fourth-order valence-corrected chi connectivity index (χ4v) is 0.861. The number of alkyl halides is 1. The van der Waals surface area contributed by atoms with Crippen molar-refractivity contribution in [2.24, 2.45) is 0 Å². The highest BCUT2D eigenvalue weighted by molar-refractivity contribution is 6.21. The molecule has 0 N–H and O–H groups in total. The van der Waals surface area contributed by atoms with Gasteiger partial charge in [-0.1, -0.05) is 32.3 Å². The lowest BCUT2D eigenvalue weighted by atomic mass is 10.1. The van der Waals surface area contributed by atoms with Gasteiger partial charge in [-0.25, -0.2) is 0 Å². The minimum atomic E-state index is 0.191. The second kappa shape index (κ2) is 6.15. The molecule has 0 aliphatic rings. The molecule has 0 aliphatic heterocycles. The molecule has 54 valence electrons. The largest absolute Gasteiger partial charge is 0.118 e. The lowest BCUT2D eigenvalue weighted by Crippen LogP contribution is -1.91. The smallest absolute Gasteiger partial charge is 0.0513 e. The van der Waals surface area contributed by atoms with E-state index in [1.807, 2.05) is 0 Å². The summed E-state index contributed by atoms with van der Waals surface area (Å²) in [7, 11) is 0. The van der Waals surface area contributed by atoms with Gasteiger partial charge in [0.1, 0.15) is 0 Å². The van der Waals surface area contributed by atoms with Crippen molar-refractivity contribution in [2.75, 3.05) is 0 Å². The lowest BCUT2D eigenvalue weighted by Gasteiger charge is -2.00. The van der Waals surface area contributed by atoms with Crippen molar-refractivity contribution in [3.05, 3.63) is 12.7 Å². The molecule has 0 bridgehead atoms. The maximum Gasteiger partial charge on any atom is 0.0513 e. The van der Waals surface area contributed by atoms with Crippen LogP contribution in [-0.2, 0) is 0 Å². The highest BCUT2D eigenvalue weighted by Crippen LogP contribution is 2.08. The third-order valence-electron chi connectivity index (χ3n) is 1.34. The van der Waals surface area contributed by atoms with Crippen molar-refractivity contribution < 1.29 is 0 Å². The summed E-state index contributed by atoms with van der Waals surface area (Å²) in [5, 5.41) is 0.191. The summed E-state index contributed by atoms with van der Waals surface area (Å²) in [5.41, 5.74) is 0. The van der Waals surface area contributed by atoms with Gasteiger partial charge in [0.25, 0.3) is 0 Å². The zero-order chi connectivity index (χ0) is 7.11. The molecule has 0 aromatic carbocycles. The minimum Gasteiger partial charge on any atom is -0.118 e. The van der Waals surface area contributed by atoms with E-state index in [1.54, 1.807) is 6.08 Å². The van der Waals surface area contributed by atoms with Crippen LogP contribution in [0, 0.1) is 0 Å². The van der Waals surface area contributed by atoms with Gasteiger partial charge >= 0.3 is 0 Å². The van der Waals surface area contributed by atoms with Crippen molar-refractivity contribution in [3.63, 3.8) is 0 Å². The van der Waals surface area contributed by atoms with E-state index in [0.717, 1.165) is 6.42 Å². The molecule has 0 spiro atoms. The molecular weight excluding hydrogens is 132 g/mol.